The van der Waals surface area contributed by atoms with Gasteiger partial charge in [0.25, 0.3) is 0 Å². The maximum Gasteiger partial charge on any atom is 0.161 e. The molecule has 0 aliphatic heterocycles. The highest BCUT2D eigenvalue weighted by molar-refractivity contribution is 6.30. The minimum atomic E-state index is 0.607. The lowest BCUT2D eigenvalue weighted by atomic mass is 10.1. The highest BCUT2D eigenvalue weighted by Crippen LogP contribution is 2.22. The minimum Gasteiger partial charge on any atom is -0.311 e. The molecule has 2 aromatic heterocycles. The van der Waals surface area contributed by atoms with Crippen LogP contribution in [-0.4, -0.2) is 21.3 Å². The van der Waals surface area contributed by atoms with Crippen LogP contribution in [0.25, 0.3) is 16.6 Å². The Kier molecular flexibility index (Phi) is 4.18. The molecule has 0 aliphatic rings. The quantitative estimate of drug-likeness (QED) is 0.733. The monoisotopic (exact) mass is 300 g/mol. The first-order valence-corrected chi connectivity index (χ1v) is 7.45. The molecule has 3 rings (SSSR count). The normalized spacial score (nSPS) is 11.1. The van der Waals surface area contributed by atoms with Crippen molar-refractivity contribution in [3.8, 4) is 5.82 Å². The van der Waals surface area contributed by atoms with Crippen molar-refractivity contribution in [1.29, 1.82) is 0 Å². The van der Waals surface area contributed by atoms with Gasteiger partial charge in [-0.05, 0) is 24.4 Å². The lowest BCUT2D eigenvalue weighted by Gasteiger charge is -2.10. The molecule has 4 nitrogen and oxygen atoms in total. The van der Waals surface area contributed by atoms with Crippen molar-refractivity contribution >= 4 is 22.4 Å². The maximum absolute atomic E-state index is 5.98. The number of aromatic nitrogens is 3. The van der Waals surface area contributed by atoms with Crippen molar-refractivity contribution in [2.24, 2.45) is 0 Å². The van der Waals surface area contributed by atoms with E-state index in [-0.39, 0.29) is 0 Å². The number of nitrogens with zero attached hydrogens (tertiary/aromatic N) is 3. The Hall–Kier alpha value is -1.91. The third kappa shape index (κ3) is 3.06. The van der Waals surface area contributed by atoms with Gasteiger partial charge in [-0.1, -0.05) is 42.8 Å². The third-order valence-corrected chi connectivity index (χ3v) is 3.47. The molecule has 0 amide bonds. The zero-order valence-corrected chi connectivity index (χ0v) is 12.6. The second-order valence-electron chi connectivity index (χ2n) is 4.94. The van der Waals surface area contributed by atoms with E-state index >= 15 is 0 Å². The number of benzene rings is 1. The van der Waals surface area contributed by atoms with Gasteiger partial charge in [0.05, 0.1) is 23.1 Å². The van der Waals surface area contributed by atoms with Crippen molar-refractivity contribution < 1.29 is 0 Å². The summed E-state index contributed by atoms with van der Waals surface area (Å²) in [4.78, 5) is 4.74. The number of rotatable bonds is 5. The summed E-state index contributed by atoms with van der Waals surface area (Å²) in [6.45, 7) is 3.89. The van der Waals surface area contributed by atoms with E-state index in [4.69, 9.17) is 16.6 Å². The standard InChI is InChI=1S/C16H17ClN4/c1-2-7-18-10-14-8-12-5-3-4-6-15(12)16(20-14)21-11-13(17)9-19-21/h3-6,8-9,11,18H,2,7,10H2,1H3. The predicted molar refractivity (Wildman–Crippen MR) is 85.9 cm³/mol. The Balaban J connectivity index is 2.07. The Morgan fingerprint density at radius 1 is 1.29 bits per heavy atom. The molecule has 0 saturated heterocycles. The first kappa shape index (κ1) is 14.0. The molecule has 1 aromatic carbocycles. The summed E-state index contributed by atoms with van der Waals surface area (Å²) in [5, 5.41) is 10.5. The van der Waals surface area contributed by atoms with E-state index in [0.717, 1.165) is 41.8 Å². The Labute approximate surface area is 128 Å². The average Bonchev–Trinajstić information content (AvgIpc) is 2.93. The van der Waals surface area contributed by atoms with E-state index in [9.17, 15) is 0 Å². The van der Waals surface area contributed by atoms with E-state index < -0.39 is 0 Å². The Morgan fingerprint density at radius 2 is 2.14 bits per heavy atom. The lowest BCUT2D eigenvalue weighted by Crippen LogP contribution is -2.15. The van der Waals surface area contributed by atoms with Crippen LogP contribution in [0.4, 0.5) is 0 Å². The summed E-state index contributed by atoms with van der Waals surface area (Å²) in [5.74, 6) is 0.813. The molecule has 21 heavy (non-hydrogen) atoms. The van der Waals surface area contributed by atoms with Crippen LogP contribution in [0.5, 0.6) is 0 Å². The average molecular weight is 301 g/mol. The molecule has 3 aromatic rings. The minimum absolute atomic E-state index is 0.607. The van der Waals surface area contributed by atoms with Gasteiger partial charge in [-0.3, -0.25) is 0 Å². The van der Waals surface area contributed by atoms with Crippen molar-refractivity contribution in [3.63, 3.8) is 0 Å². The fourth-order valence-electron chi connectivity index (χ4n) is 2.31. The number of nitrogens with one attached hydrogen (secondary N) is 1. The van der Waals surface area contributed by atoms with Crippen LogP contribution >= 0.6 is 11.6 Å². The van der Waals surface area contributed by atoms with E-state index in [0.29, 0.717) is 5.02 Å². The van der Waals surface area contributed by atoms with Crippen LogP contribution in [-0.2, 0) is 6.54 Å². The maximum atomic E-state index is 5.98. The summed E-state index contributed by atoms with van der Waals surface area (Å²) >= 11 is 5.98. The van der Waals surface area contributed by atoms with Crippen LogP contribution in [0.1, 0.15) is 19.0 Å². The predicted octanol–water partition coefficient (Wildman–Crippen LogP) is 3.57. The van der Waals surface area contributed by atoms with Crippen molar-refractivity contribution in [2.75, 3.05) is 6.54 Å². The molecule has 5 heteroatoms. The molecule has 0 fully saturated rings. The molecule has 0 spiro atoms. The van der Waals surface area contributed by atoms with Gasteiger partial charge in [0, 0.05) is 11.9 Å². The van der Waals surface area contributed by atoms with Gasteiger partial charge >= 0.3 is 0 Å². The number of halogens is 1. The van der Waals surface area contributed by atoms with E-state index in [1.165, 1.54) is 0 Å². The Bertz CT molecular complexity index is 751. The molecule has 2 heterocycles. The summed E-state index contributed by atoms with van der Waals surface area (Å²) in [7, 11) is 0. The van der Waals surface area contributed by atoms with Crippen LogP contribution in [0.15, 0.2) is 42.7 Å². The van der Waals surface area contributed by atoms with Gasteiger partial charge in [-0.25, -0.2) is 9.67 Å². The first-order chi connectivity index (χ1) is 10.3. The van der Waals surface area contributed by atoms with Gasteiger partial charge < -0.3 is 5.32 Å². The summed E-state index contributed by atoms with van der Waals surface area (Å²) in [5.41, 5.74) is 1.00. The SMILES string of the molecule is CCCNCc1cc2ccccc2c(-n2cc(Cl)cn2)n1. The smallest absolute Gasteiger partial charge is 0.161 e. The van der Waals surface area contributed by atoms with Crippen molar-refractivity contribution in [2.45, 2.75) is 19.9 Å². The zero-order valence-electron chi connectivity index (χ0n) is 11.9. The summed E-state index contributed by atoms with van der Waals surface area (Å²) in [6.07, 6.45) is 4.51. The van der Waals surface area contributed by atoms with Crippen molar-refractivity contribution in [3.05, 3.63) is 53.4 Å². The van der Waals surface area contributed by atoms with E-state index in [1.54, 1.807) is 17.1 Å². The highest BCUT2D eigenvalue weighted by atomic mass is 35.5. The second-order valence-corrected chi connectivity index (χ2v) is 5.37. The molecule has 0 unspecified atom stereocenters. The van der Waals surface area contributed by atoms with Gasteiger partial charge in [0.1, 0.15) is 0 Å². The molecule has 0 bridgehead atoms. The Morgan fingerprint density at radius 3 is 2.90 bits per heavy atom. The molecule has 1 N–H and O–H groups in total. The lowest BCUT2D eigenvalue weighted by molar-refractivity contribution is 0.662. The molecule has 0 aliphatic carbocycles. The van der Waals surface area contributed by atoms with Gasteiger partial charge in [0.2, 0.25) is 0 Å². The topological polar surface area (TPSA) is 42.7 Å². The molecule has 0 saturated carbocycles. The van der Waals surface area contributed by atoms with Crippen LogP contribution in [0.2, 0.25) is 5.02 Å². The number of hydrogen-bond donors (Lipinski definition) is 1. The molecule has 0 radical (unpaired) electrons. The number of pyridine rings is 1. The second kappa shape index (κ2) is 6.24. The van der Waals surface area contributed by atoms with Gasteiger partial charge in [-0.15, -0.1) is 0 Å². The zero-order chi connectivity index (χ0) is 14.7. The molecular formula is C16H17ClN4. The molecule has 0 atom stereocenters. The largest absolute Gasteiger partial charge is 0.311 e. The van der Waals surface area contributed by atoms with E-state index in [1.807, 2.05) is 12.1 Å². The van der Waals surface area contributed by atoms with Crippen LogP contribution in [0.3, 0.4) is 0 Å². The highest BCUT2D eigenvalue weighted by Gasteiger charge is 2.09. The molecular weight excluding hydrogens is 284 g/mol. The summed E-state index contributed by atoms with van der Waals surface area (Å²) < 4.78 is 1.73. The fourth-order valence-corrected chi connectivity index (χ4v) is 2.45. The van der Waals surface area contributed by atoms with Crippen molar-refractivity contribution in [1.82, 2.24) is 20.1 Å². The van der Waals surface area contributed by atoms with E-state index in [2.05, 4.69) is 35.5 Å². The van der Waals surface area contributed by atoms with Gasteiger partial charge in [-0.2, -0.15) is 5.10 Å². The van der Waals surface area contributed by atoms with Gasteiger partial charge in [0.15, 0.2) is 5.82 Å². The first-order valence-electron chi connectivity index (χ1n) is 7.08. The van der Waals surface area contributed by atoms with Crippen LogP contribution < -0.4 is 5.32 Å². The third-order valence-electron chi connectivity index (χ3n) is 3.27. The number of hydrogen-bond acceptors (Lipinski definition) is 3. The van der Waals surface area contributed by atoms with Crippen LogP contribution in [0, 0.1) is 0 Å². The summed E-state index contributed by atoms with van der Waals surface area (Å²) in [6, 6.07) is 10.3. The number of fused-ring (bicyclic) bond motifs is 1. The molecule has 108 valence electrons. The fraction of sp³-hybridized carbons (Fsp3) is 0.250.